The van der Waals surface area contributed by atoms with E-state index in [0.29, 0.717) is 54.3 Å². The van der Waals surface area contributed by atoms with Gasteiger partial charge in [0.05, 0.1) is 28.3 Å². The van der Waals surface area contributed by atoms with Gasteiger partial charge < -0.3 is 10.1 Å². The minimum absolute atomic E-state index is 0.228. The van der Waals surface area contributed by atoms with E-state index in [-0.39, 0.29) is 10.8 Å². The molecule has 0 spiro atoms. The molecule has 31 heavy (non-hydrogen) atoms. The summed E-state index contributed by atoms with van der Waals surface area (Å²) < 4.78 is 32.7. The quantitative estimate of drug-likeness (QED) is 0.646. The fourth-order valence-electron chi connectivity index (χ4n) is 3.35. The van der Waals surface area contributed by atoms with Crippen molar-refractivity contribution < 1.29 is 17.9 Å². The summed E-state index contributed by atoms with van der Waals surface area (Å²) in [5.74, 6) is 0.401. The van der Waals surface area contributed by atoms with E-state index < -0.39 is 16.1 Å². The molecule has 7 nitrogen and oxygen atoms in total. The number of piperazine rings is 1. The molecule has 1 saturated heterocycles. The fraction of sp³-hybridized carbons (Fsp3) is 0.381. The smallest absolute Gasteiger partial charge is 0.243 e. The number of halogens is 2. The molecule has 0 aliphatic carbocycles. The van der Waals surface area contributed by atoms with Gasteiger partial charge in [-0.25, -0.2) is 8.42 Å². The molecule has 168 valence electrons. The Morgan fingerprint density at radius 3 is 2.35 bits per heavy atom. The Morgan fingerprint density at radius 1 is 1.10 bits per heavy atom. The van der Waals surface area contributed by atoms with Gasteiger partial charge in [-0.1, -0.05) is 23.2 Å². The Balaban J connectivity index is 1.60. The molecule has 1 heterocycles. The lowest BCUT2D eigenvalue weighted by atomic mass is 10.2. The van der Waals surface area contributed by atoms with Crippen LogP contribution in [0.4, 0.5) is 5.69 Å². The van der Waals surface area contributed by atoms with Gasteiger partial charge in [-0.3, -0.25) is 9.69 Å². The zero-order valence-corrected chi connectivity index (χ0v) is 19.7. The highest BCUT2D eigenvalue weighted by molar-refractivity contribution is 7.89. The van der Waals surface area contributed by atoms with Gasteiger partial charge in [0.2, 0.25) is 15.9 Å². The van der Waals surface area contributed by atoms with Crippen LogP contribution in [-0.2, 0) is 14.8 Å². The number of amides is 1. The van der Waals surface area contributed by atoms with Crippen molar-refractivity contribution in [2.24, 2.45) is 0 Å². The third kappa shape index (κ3) is 5.70. The van der Waals surface area contributed by atoms with Crippen molar-refractivity contribution in [1.82, 2.24) is 9.21 Å². The van der Waals surface area contributed by atoms with Gasteiger partial charge in [0.25, 0.3) is 0 Å². The van der Waals surface area contributed by atoms with Crippen molar-refractivity contribution in [2.45, 2.75) is 24.8 Å². The molecule has 0 bridgehead atoms. The number of benzene rings is 2. The molecular formula is C21H25Cl2N3O4S. The lowest BCUT2D eigenvalue weighted by molar-refractivity contribution is -0.121. The van der Waals surface area contributed by atoms with Crippen molar-refractivity contribution >= 4 is 44.8 Å². The monoisotopic (exact) mass is 485 g/mol. The van der Waals surface area contributed by atoms with E-state index >= 15 is 0 Å². The van der Waals surface area contributed by atoms with Crippen LogP contribution in [0.3, 0.4) is 0 Å². The summed E-state index contributed by atoms with van der Waals surface area (Å²) in [5.41, 5.74) is 0.447. The molecule has 2 aromatic carbocycles. The highest BCUT2D eigenvalue weighted by atomic mass is 35.5. The van der Waals surface area contributed by atoms with Crippen LogP contribution in [-0.4, -0.2) is 62.4 Å². The van der Waals surface area contributed by atoms with Gasteiger partial charge in [-0.2, -0.15) is 4.31 Å². The first-order valence-corrected chi connectivity index (χ1v) is 12.1. The van der Waals surface area contributed by atoms with Crippen LogP contribution in [0.2, 0.25) is 10.0 Å². The summed E-state index contributed by atoms with van der Waals surface area (Å²) in [6.45, 7) is 5.64. The van der Waals surface area contributed by atoms with Crippen molar-refractivity contribution in [3.05, 3.63) is 52.5 Å². The second-order valence-electron chi connectivity index (χ2n) is 7.13. The number of sulfonamides is 1. The largest absolute Gasteiger partial charge is 0.494 e. The summed E-state index contributed by atoms with van der Waals surface area (Å²) in [6.07, 6.45) is 0. The first-order chi connectivity index (χ1) is 14.7. The molecule has 1 aliphatic heterocycles. The molecule has 0 saturated carbocycles. The predicted molar refractivity (Wildman–Crippen MR) is 122 cm³/mol. The van der Waals surface area contributed by atoms with Crippen molar-refractivity contribution in [2.75, 3.05) is 38.1 Å². The van der Waals surface area contributed by atoms with Crippen LogP contribution < -0.4 is 10.1 Å². The molecule has 1 unspecified atom stereocenters. The highest BCUT2D eigenvalue weighted by Gasteiger charge is 2.32. The topological polar surface area (TPSA) is 79.0 Å². The number of ether oxygens (including phenoxy) is 1. The molecule has 1 atom stereocenters. The van der Waals surface area contributed by atoms with Crippen molar-refractivity contribution in [3.63, 3.8) is 0 Å². The molecule has 0 aromatic heterocycles. The van der Waals surface area contributed by atoms with Crippen LogP contribution in [0.5, 0.6) is 5.75 Å². The third-order valence-electron chi connectivity index (χ3n) is 5.16. The van der Waals surface area contributed by atoms with Crippen LogP contribution in [0.1, 0.15) is 13.8 Å². The van der Waals surface area contributed by atoms with E-state index in [1.165, 1.54) is 4.31 Å². The van der Waals surface area contributed by atoms with Crippen molar-refractivity contribution in [3.8, 4) is 5.75 Å². The van der Waals surface area contributed by atoms with E-state index in [4.69, 9.17) is 27.9 Å². The molecule has 1 amide bonds. The molecule has 1 aliphatic rings. The van der Waals surface area contributed by atoms with E-state index in [1.54, 1.807) is 49.4 Å². The second kappa shape index (κ2) is 10.2. The first kappa shape index (κ1) is 23.8. The maximum absolute atomic E-state index is 12.9. The standard InChI is InChI=1S/C21H25Cl2N3O4S/c1-3-30-17-5-7-18(8-6-17)31(28,29)26-12-10-25(11-13-26)15(2)21(27)24-20-14-16(22)4-9-19(20)23/h4-9,14-15H,3,10-13H2,1-2H3,(H,24,27). The van der Waals surface area contributed by atoms with Gasteiger partial charge in [0, 0.05) is 31.2 Å². The van der Waals surface area contributed by atoms with E-state index in [1.807, 2.05) is 11.8 Å². The average Bonchev–Trinajstić information content (AvgIpc) is 2.76. The summed E-state index contributed by atoms with van der Waals surface area (Å²) in [7, 11) is -3.60. The molecule has 10 heteroatoms. The van der Waals surface area contributed by atoms with E-state index in [0.717, 1.165) is 0 Å². The second-order valence-corrected chi connectivity index (χ2v) is 9.92. The van der Waals surface area contributed by atoms with Gasteiger partial charge in [0.1, 0.15) is 5.75 Å². The number of rotatable bonds is 7. The average molecular weight is 486 g/mol. The van der Waals surface area contributed by atoms with E-state index in [2.05, 4.69) is 5.32 Å². The fourth-order valence-corrected chi connectivity index (χ4v) is 5.11. The van der Waals surface area contributed by atoms with Crippen LogP contribution >= 0.6 is 23.2 Å². The number of nitrogens with zero attached hydrogens (tertiary/aromatic N) is 2. The molecular weight excluding hydrogens is 461 g/mol. The van der Waals surface area contributed by atoms with Gasteiger partial charge in [-0.05, 0) is 56.3 Å². The number of nitrogens with one attached hydrogen (secondary N) is 1. The lowest BCUT2D eigenvalue weighted by Crippen LogP contribution is -2.53. The van der Waals surface area contributed by atoms with E-state index in [9.17, 15) is 13.2 Å². The molecule has 1 N–H and O–H groups in total. The molecule has 1 fully saturated rings. The number of hydrogen-bond acceptors (Lipinski definition) is 5. The number of carbonyl (C=O) groups excluding carboxylic acids is 1. The minimum Gasteiger partial charge on any atom is -0.494 e. The summed E-state index contributed by atoms with van der Waals surface area (Å²) in [6, 6.07) is 10.8. The molecule has 0 radical (unpaired) electrons. The first-order valence-electron chi connectivity index (χ1n) is 9.95. The zero-order chi connectivity index (χ0) is 22.6. The minimum atomic E-state index is -3.60. The van der Waals surface area contributed by atoms with Crippen LogP contribution in [0, 0.1) is 0 Å². The highest BCUT2D eigenvalue weighted by Crippen LogP contribution is 2.26. The number of carbonyl (C=O) groups is 1. The Morgan fingerprint density at radius 2 is 1.74 bits per heavy atom. The predicted octanol–water partition coefficient (Wildman–Crippen LogP) is 3.73. The number of hydrogen-bond donors (Lipinski definition) is 1. The maximum Gasteiger partial charge on any atom is 0.243 e. The summed E-state index contributed by atoms with van der Waals surface area (Å²) in [5, 5.41) is 3.66. The van der Waals surface area contributed by atoms with Gasteiger partial charge >= 0.3 is 0 Å². The summed E-state index contributed by atoms with van der Waals surface area (Å²) >= 11 is 12.1. The SMILES string of the molecule is CCOc1ccc(S(=O)(=O)N2CCN(C(C)C(=O)Nc3cc(Cl)ccc3Cl)CC2)cc1. The Hall–Kier alpha value is -1.84. The lowest BCUT2D eigenvalue weighted by Gasteiger charge is -2.36. The van der Waals surface area contributed by atoms with Crippen LogP contribution in [0.15, 0.2) is 47.4 Å². The summed E-state index contributed by atoms with van der Waals surface area (Å²) in [4.78, 5) is 14.8. The normalized spacial score (nSPS) is 16.6. The Labute approximate surface area is 192 Å². The maximum atomic E-state index is 12.9. The van der Waals surface area contributed by atoms with Gasteiger partial charge in [-0.15, -0.1) is 0 Å². The zero-order valence-electron chi connectivity index (χ0n) is 17.3. The molecule has 2 aromatic rings. The number of anilines is 1. The van der Waals surface area contributed by atoms with Crippen LogP contribution in [0.25, 0.3) is 0 Å². The van der Waals surface area contributed by atoms with Gasteiger partial charge in [0.15, 0.2) is 0 Å². The molecule has 3 rings (SSSR count). The third-order valence-corrected chi connectivity index (χ3v) is 7.64. The van der Waals surface area contributed by atoms with Crippen molar-refractivity contribution in [1.29, 1.82) is 0 Å². The Bertz CT molecular complexity index is 1020. The Kier molecular flexibility index (Phi) is 7.82.